The van der Waals surface area contributed by atoms with Crippen molar-refractivity contribution in [3.05, 3.63) is 53.1 Å². The fourth-order valence-corrected chi connectivity index (χ4v) is 4.21. The second-order valence-electron chi connectivity index (χ2n) is 7.07. The summed E-state index contributed by atoms with van der Waals surface area (Å²) in [6.07, 6.45) is 5.89. The van der Waals surface area contributed by atoms with Crippen LogP contribution in [0.2, 0.25) is 5.02 Å². The second kappa shape index (κ2) is 7.20. The van der Waals surface area contributed by atoms with Gasteiger partial charge in [0.1, 0.15) is 17.3 Å². The molecule has 0 radical (unpaired) electrons. The standard InChI is InChI=1S/C21H24ClN3O/c1-26-18-10-6-9-17-19(18)24-20(21(25-17)11-3-2-4-12-21)23-14-15-7-5-8-16(22)13-15/h5-10,13,25H,2-4,11-12,14H2,1H3,(H,23,24). The molecule has 0 amide bonds. The number of aliphatic imine (C=N–C) groups is 1. The Morgan fingerprint density at radius 3 is 2.73 bits per heavy atom. The van der Waals surface area contributed by atoms with Crippen LogP contribution in [0.5, 0.6) is 5.75 Å². The van der Waals surface area contributed by atoms with Crippen molar-refractivity contribution in [1.29, 1.82) is 0 Å². The molecule has 26 heavy (non-hydrogen) atoms. The van der Waals surface area contributed by atoms with Gasteiger partial charge in [-0.05, 0) is 42.7 Å². The quantitative estimate of drug-likeness (QED) is 0.771. The Morgan fingerprint density at radius 2 is 1.96 bits per heavy atom. The van der Waals surface area contributed by atoms with Crippen LogP contribution >= 0.6 is 11.6 Å². The third-order valence-electron chi connectivity index (χ3n) is 5.33. The van der Waals surface area contributed by atoms with Crippen molar-refractivity contribution in [2.75, 3.05) is 12.4 Å². The van der Waals surface area contributed by atoms with E-state index in [0.717, 1.165) is 46.4 Å². The zero-order chi connectivity index (χ0) is 18.0. The van der Waals surface area contributed by atoms with Crippen LogP contribution < -0.4 is 15.4 Å². The molecule has 0 atom stereocenters. The number of methoxy groups -OCH3 is 1. The van der Waals surface area contributed by atoms with Gasteiger partial charge in [0.25, 0.3) is 0 Å². The highest BCUT2D eigenvalue weighted by atomic mass is 35.5. The highest BCUT2D eigenvalue weighted by molar-refractivity contribution is 6.30. The number of halogens is 1. The maximum absolute atomic E-state index is 6.13. The Balaban J connectivity index is 1.68. The molecule has 1 aliphatic heterocycles. The largest absolute Gasteiger partial charge is 0.494 e. The molecule has 2 aromatic carbocycles. The molecular formula is C21H24ClN3O. The minimum absolute atomic E-state index is 0.115. The number of para-hydroxylation sites is 1. The topological polar surface area (TPSA) is 45.6 Å². The van der Waals surface area contributed by atoms with Crippen molar-refractivity contribution in [2.24, 2.45) is 4.99 Å². The van der Waals surface area contributed by atoms with Crippen molar-refractivity contribution in [3.8, 4) is 5.75 Å². The number of hydrogen-bond donors (Lipinski definition) is 2. The van der Waals surface area contributed by atoms with Crippen LogP contribution in [0.1, 0.15) is 37.7 Å². The third kappa shape index (κ3) is 3.26. The first-order chi connectivity index (χ1) is 12.7. The van der Waals surface area contributed by atoms with E-state index in [1.165, 1.54) is 19.3 Å². The molecule has 0 aromatic heterocycles. The summed E-state index contributed by atoms with van der Waals surface area (Å²) in [5, 5.41) is 8.13. The Bertz CT molecular complexity index is 828. The predicted octanol–water partition coefficient (Wildman–Crippen LogP) is 5.30. The van der Waals surface area contributed by atoms with Gasteiger partial charge in [0.05, 0.1) is 18.3 Å². The van der Waals surface area contributed by atoms with E-state index in [0.29, 0.717) is 6.54 Å². The van der Waals surface area contributed by atoms with E-state index in [2.05, 4.69) is 22.8 Å². The number of nitrogens with zero attached hydrogens (tertiary/aromatic N) is 1. The zero-order valence-electron chi connectivity index (χ0n) is 15.0. The van der Waals surface area contributed by atoms with Crippen LogP contribution in [0.3, 0.4) is 0 Å². The first-order valence-electron chi connectivity index (χ1n) is 9.23. The number of amidine groups is 1. The Kier molecular flexibility index (Phi) is 4.77. The maximum atomic E-state index is 6.13. The van der Waals surface area contributed by atoms with Gasteiger partial charge >= 0.3 is 0 Å². The zero-order valence-corrected chi connectivity index (χ0v) is 15.8. The molecule has 4 rings (SSSR count). The molecule has 1 spiro atoms. The number of hydrogen-bond acceptors (Lipinski definition) is 4. The third-order valence-corrected chi connectivity index (χ3v) is 5.56. The minimum Gasteiger partial charge on any atom is -0.494 e. The minimum atomic E-state index is -0.115. The van der Waals surface area contributed by atoms with Gasteiger partial charge in [0.2, 0.25) is 0 Å². The van der Waals surface area contributed by atoms with Crippen molar-refractivity contribution >= 4 is 28.8 Å². The summed E-state index contributed by atoms with van der Waals surface area (Å²) in [7, 11) is 1.69. The summed E-state index contributed by atoms with van der Waals surface area (Å²) in [4.78, 5) is 5.02. The van der Waals surface area contributed by atoms with Crippen LogP contribution in [0.4, 0.5) is 11.4 Å². The summed E-state index contributed by atoms with van der Waals surface area (Å²) in [5.74, 6) is 1.80. The van der Waals surface area contributed by atoms with Gasteiger partial charge in [-0.1, -0.05) is 49.1 Å². The summed E-state index contributed by atoms with van der Waals surface area (Å²) < 4.78 is 5.52. The first kappa shape index (κ1) is 17.2. The number of rotatable bonds is 3. The first-order valence-corrected chi connectivity index (χ1v) is 9.61. The van der Waals surface area contributed by atoms with Crippen LogP contribution in [0.25, 0.3) is 0 Å². The molecule has 4 nitrogen and oxygen atoms in total. The van der Waals surface area contributed by atoms with Crippen LogP contribution in [-0.2, 0) is 6.54 Å². The normalized spacial score (nSPS) is 17.8. The smallest absolute Gasteiger partial charge is 0.146 e. The molecule has 136 valence electrons. The average Bonchev–Trinajstić information content (AvgIpc) is 2.66. The Labute approximate surface area is 159 Å². The number of benzene rings is 2. The maximum Gasteiger partial charge on any atom is 0.146 e. The van der Waals surface area contributed by atoms with E-state index < -0.39 is 0 Å². The lowest BCUT2D eigenvalue weighted by atomic mass is 9.79. The molecule has 0 unspecified atom stereocenters. The highest BCUT2D eigenvalue weighted by Crippen LogP contribution is 2.44. The molecule has 5 heteroatoms. The highest BCUT2D eigenvalue weighted by Gasteiger charge is 2.40. The predicted molar refractivity (Wildman–Crippen MR) is 108 cm³/mol. The lowest BCUT2D eigenvalue weighted by molar-refractivity contribution is 0.393. The number of ether oxygens (including phenoxy) is 1. The van der Waals surface area contributed by atoms with E-state index in [9.17, 15) is 0 Å². The van der Waals surface area contributed by atoms with Crippen LogP contribution in [0, 0.1) is 0 Å². The second-order valence-corrected chi connectivity index (χ2v) is 7.50. The number of nitrogens with one attached hydrogen (secondary N) is 2. The lowest BCUT2D eigenvalue weighted by Crippen LogP contribution is -2.54. The molecule has 2 aliphatic rings. The SMILES string of the molecule is COc1cccc2c1N=C(NCc1cccc(Cl)c1)C1(CCCCC1)N2. The van der Waals surface area contributed by atoms with E-state index >= 15 is 0 Å². The van der Waals surface area contributed by atoms with Gasteiger partial charge in [-0.3, -0.25) is 0 Å². The van der Waals surface area contributed by atoms with Crippen molar-refractivity contribution < 1.29 is 4.74 Å². The Morgan fingerprint density at radius 1 is 1.15 bits per heavy atom. The van der Waals surface area contributed by atoms with Crippen LogP contribution in [0.15, 0.2) is 47.5 Å². The van der Waals surface area contributed by atoms with E-state index in [1.54, 1.807) is 7.11 Å². The molecule has 2 aromatic rings. The number of fused-ring (bicyclic) bond motifs is 1. The molecule has 1 heterocycles. The molecule has 1 aliphatic carbocycles. The summed E-state index contributed by atoms with van der Waals surface area (Å²) in [6, 6.07) is 14.0. The molecular weight excluding hydrogens is 346 g/mol. The van der Waals surface area contributed by atoms with Gasteiger partial charge in [-0.15, -0.1) is 0 Å². The number of anilines is 1. The molecule has 2 N–H and O–H groups in total. The van der Waals surface area contributed by atoms with Crippen molar-refractivity contribution in [3.63, 3.8) is 0 Å². The van der Waals surface area contributed by atoms with Gasteiger partial charge in [0, 0.05) is 11.6 Å². The molecule has 1 fully saturated rings. The monoisotopic (exact) mass is 369 g/mol. The molecule has 0 saturated heterocycles. The average molecular weight is 370 g/mol. The Hall–Kier alpha value is -2.20. The van der Waals surface area contributed by atoms with E-state index in [-0.39, 0.29) is 5.54 Å². The van der Waals surface area contributed by atoms with Gasteiger partial charge in [-0.25, -0.2) is 4.99 Å². The summed E-state index contributed by atoms with van der Waals surface area (Å²) in [6.45, 7) is 0.702. The fourth-order valence-electron chi connectivity index (χ4n) is 4.00. The van der Waals surface area contributed by atoms with E-state index in [4.69, 9.17) is 21.3 Å². The summed E-state index contributed by atoms with van der Waals surface area (Å²) >= 11 is 6.13. The van der Waals surface area contributed by atoms with E-state index in [1.807, 2.05) is 30.3 Å². The van der Waals surface area contributed by atoms with Crippen LogP contribution in [-0.4, -0.2) is 18.5 Å². The molecule has 0 bridgehead atoms. The van der Waals surface area contributed by atoms with Crippen molar-refractivity contribution in [1.82, 2.24) is 5.32 Å². The summed E-state index contributed by atoms with van der Waals surface area (Å²) in [5.41, 5.74) is 2.97. The lowest BCUT2D eigenvalue weighted by Gasteiger charge is -2.43. The fraction of sp³-hybridized carbons (Fsp3) is 0.381. The van der Waals surface area contributed by atoms with Gasteiger partial charge < -0.3 is 15.4 Å². The molecule has 1 saturated carbocycles. The van der Waals surface area contributed by atoms with Crippen molar-refractivity contribution in [2.45, 2.75) is 44.2 Å². The van der Waals surface area contributed by atoms with Gasteiger partial charge in [0.15, 0.2) is 0 Å². The van der Waals surface area contributed by atoms with Gasteiger partial charge in [-0.2, -0.15) is 0 Å².